The highest BCUT2D eigenvalue weighted by Gasteiger charge is 2.31. The molecule has 0 bridgehead atoms. The van der Waals surface area contributed by atoms with Crippen molar-refractivity contribution in [3.63, 3.8) is 0 Å². The van der Waals surface area contributed by atoms with Crippen molar-refractivity contribution >= 4 is 21.6 Å². The van der Waals surface area contributed by atoms with E-state index in [0.717, 1.165) is 5.56 Å². The summed E-state index contributed by atoms with van der Waals surface area (Å²) in [6.07, 6.45) is 0.706. The molecule has 0 spiro atoms. The molecule has 0 aromatic heterocycles. The van der Waals surface area contributed by atoms with Gasteiger partial charge in [0.1, 0.15) is 4.90 Å². The second-order valence-corrected chi connectivity index (χ2v) is 9.25. The lowest BCUT2D eigenvalue weighted by Crippen LogP contribution is -2.45. The van der Waals surface area contributed by atoms with Crippen molar-refractivity contribution < 1.29 is 8.42 Å². The third-order valence-electron chi connectivity index (χ3n) is 2.90. The Morgan fingerprint density at radius 3 is 2.19 bits per heavy atom. The van der Waals surface area contributed by atoms with Crippen molar-refractivity contribution in [3.8, 4) is 0 Å². The average molecular weight is 333 g/mol. The summed E-state index contributed by atoms with van der Waals surface area (Å²) in [5.74, 6) is 0. The van der Waals surface area contributed by atoms with Crippen LogP contribution in [0.15, 0.2) is 23.1 Å². The van der Waals surface area contributed by atoms with Gasteiger partial charge in [-0.2, -0.15) is 0 Å². The lowest BCUT2D eigenvalue weighted by atomic mass is 9.82. The minimum absolute atomic E-state index is 0.0131. The molecule has 1 aromatic carbocycles. The fraction of sp³-hybridized carbons (Fsp3) is 0.600. The quantitative estimate of drug-likeness (QED) is 0.869. The van der Waals surface area contributed by atoms with Crippen LogP contribution in [0, 0.1) is 5.41 Å². The monoisotopic (exact) mass is 332 g/mol. The topological polar surface area (TPSA) is 72.2 Å². The van der Waals surface area contributed by atoms with Crippen LogP contribution in [0.2, 0.25) is 5.02 Å². The highest BCUT2D eigenvalue weighted by Crippen LogP contribution is 2.29. The SMILES string of the molecule is CC(C)(C)CC(C)(C)NS(=O)(=O)c1ccc(CN)cc1Cl. The van der Waals surface area contributed by atoms with Crippen molar-refractivity contribution in [3.05, 3.63) is 28.8 Å². The fourth-order valence-electron chi connectivity index (χ4n) is 2.67. The van der Waals surface area contributed by atoms with Gasteiger partial charge in [0.15, 0.2) is 0 Å². The first-order valence-corrected chi connectivity index (χ1v) is 8.75. The molecule has 3 N–H and O–H groups in total. The zero-order valence-electron chi connectivity index (χ0n) is 13.3. The van der Waals surface area contributed by atoms with Crippen molar-refractivity contribution in [1.29, 1.82) is 0 Å². The van der Waals surface area contributed by atoms with Crippen LogP contribution in [0.1, 0.15) is 46.6 Å². The van der Waals surface area contributed by atoms with E-state index in [9.17, 15) is 8.42 Å². The van der Waals surface area contributed by atoms with Gasteiger partial charge in [0.05, 0.1) is 5.02 Å². The Balaban J connectivity index is 3.07. The number of benzene rings is 1. The molecule has 0 heterocycles. The third kappa shape index (κ3) is 5.58. The second kappa shape index (κ2) is 6.24. The van der Waals surface area contributed by atoms with E-state index in [2.05, 4.69) is 25.5 Å². The number of hydrogen-bond acceptors (Lipinski definition) is 3. The van der Waals surface area contributed by atoms with Gasteiger partial charge in [0.2, 0.25) is 10.0 Å². The van der Waals surface area contributed by atoms with Crippen LogP contribution in [0.3, 0.4) is 0 Å². The van der Waals surface area contributed by atoms with E-state index in [1.807, 2.05) is 13.8 Å². The molecule has 0 amide bonds. The maximum Gasteiger partial charge on any atom is 0.242 e. The summed E-state index contributed by atoms with van der Waals surface area (Å²) in [4.78, 5) is 0.0864. The largest absolute Gasteiger partial charge is 0.326 e. The highest BCUT2D eigenvalue weighted by atomic mass is 35.5. The van der Waals surface area contributed by atoms with Crippen LogP contribution in [0.25, 0.3) is 0 Å². The van der Waals surface area contributed by atoms with Crippen LogP contribution in [-0.2, 0) is 16.6 Å². The predicted octanol–water partition coefficient (Wildman–Crippen LogP) is 3.29. The van der Waals surface area contributed by atoms with Crippen molar-refractivity contribution in [2.75, 3.05) is 0 Å². The van der Waals surface area contributed by atoms with Crippen molar-refractivity contribution in [2.24, 2.45) is 11.1 Å². The molecule has 0 atom stereocenters. The summed E-state index contributed by atoms with van der Waals surface area (Å²) in [6.45, 7) is 10.3. The van der Waals surface area contributed by atoms with E-state index < -0.39 is 15.6 Å². The second-order valence-electron chi connectivity index (χ2n) is 7.20. The van der Waals surface area contributed by atoms with Crippen LogP contribution in [0.5, 0.6) is 0 Å². The Morgan fingerprint density at radius 2 is 1.76 bits per heavy atom. The molecule has 1 aromatic rings. The first-order chi connectivity index (χ1) is 9.36. The Bertz CT molecular complexity index is 605. The van der Waals surface area contributed by atoms with E-state index in [1.54, 1.807) is 12.1 Å². The Kier molecular flexibility index (Phi) is 5.48. The van der Waals surface area contributed by atoms with Gasteiger partial charge in [-0.1, -0.05) is 38.4 Å². The van der Waals surface area contributed by atoms with Crippen molar-refractivity contribution in [2.45, 2.75) is 58.0 Å². The Hall–Kier alpha value is -0.620. The molecule has 0 aliphatic rings. The minimum atomic E-state index is -3.67. The number of sulfonamides is 1. The molecule has 0 saturated carbocycles. The fourth-order valence-corrected chi connectivity index (χ4v) is 4.65. The lowest BCUT2D eigenvalue weighted by Gasteiger charge is -2.33. The first kappa shape index (κ1) is 18.4. The summed E-state index contributed by atoms with van der Waals surface area (Å²) in [6, 6.07) is 4.77. The van der Waals surface area contributed by atoms with E-state index in [4.69, 9.17) is 17.3 Å². The van der Waals surface area contributed by atoms with Gasteiger partial charge < -0.3 is 5.73 Å². The van der Waals surface area contributed by atoms with Gasteiger partial charge in [-0.3, -0.25) is 0 Å². The smallest absolute Gasteiger partial charge is 0.242 e. The normalized spacial score (nSPS) is 13.5. The number of nitrogens with two attached hydrogens (primary N) is 1. The van der Waals surface area contributed by atoms with E-state index in [1.165, 1.54) is 6.07 Å². The molecule has 6 heteroatoms. The molecule has 1 rings (SSSR count). The number of hydrogen-bond donors (Lipinski definition) is 2. The molecular weight excluding hydrogens is 308 g/mol. The Morgan fingerprint density at radius 1 is 1.19 bits per heavy atom. The number of halogens is 1. The summed E-state index contributed by atoms with van der Waals surface area (Å²) >= 11 is 6.08. The molecular formula is C15H25ClN2O2S. The average Bonchev–Trinajstić information content (AvgIpc) is 2.22. The van der Waals surface area contributed by atoms with Gasteiger partial charge in [-0.15, -0.1) is 0 Å². The molecule has 0 fully saturated rings. The van der Waals surface area contributed by atoms with Crippen LogP contribution in [-0.4, -0.2) is 14.0 Å². The van der Waals surface area contributed by atoms with E-state index in [-0.39, 0.29) is 15.3 Å². The first-order valence-electron chi connectivity index (χ1n) is 6.89. The maximum atomic E-state index is 12.5. The van der Waals surface area contributed by atoms with Gasteiger partial charge in [0, 0.05) is 12.1 Å². The molecule has 21 heavy (non-hydrogen) atoms. The van der Waals surface area contributed by atoms with Crippen LogP contribution >= 0.6 is 11.6 Å². The highest BCUT2D eigenvalue weighted by molar-refractivity contribution is 7.89. The zero-order valence-corrected chi connectivity index (χ0v) is 14.9. The summed E-state index contributed by atoms with van der Waals surface area (Å²) in [5, 5.41) is 0.192. The van der Waals surface area contributed by atoms with Gasteiger partial charge in [-0.25, -0.2) is 13.1 Å². The molecule has 0 aliphatic heterocycles. The third-order valence-corrected chi connectivity index (χ3v) is 5.09. The number of nitrogens with one attached hydrogen (secondary N) is 1. The van der Waals surface area contributed by atoms with Gasteiger partial charge in [0.25, 0.3) is 0 Å². The van der Waals surface area contributed by atoms with E-state index >= 15 is 0 Å². The maximum absolute atomic E-state index is 12.5. The van der Waals surface area contributed by atoms with Crippen LogP contribution in [0.4, 0.5) is 0 Å². The van der Waals surface area contributed by atoms with Gasteiger partial charge >= 0.3 is 0 Å². The van der Waals surface area contributed by atoms with Crippen molar-refractivity contribution in [1.82, 2.24) is 4.72 Å². The standard InChI is InChI=1S/C15H25ClN2O2S/c1-14(2,3)10-15(4,5)18-21(19,20)13-7-6-11(9-17)8-12(13)16/h6-8,18H,9-10,17H2,1-5H3. The minimum Gasteiger partial charge on any atom is -0.326 e. The Labute approximate surface area is 133 Å². The molecule has 0 unspecified atom stereocenters. The summed E-state index contributed by atoms with van der Waals surface area (Å²) in [5.41, 5.74) is 5.77. The van der Waals surface area contributed by atoms with E-state index in [0.29, 0.717) is 13.0 Å². The predicted molar refractivity (Wildman–Crippen MR) is 87.8 cm³/mol. The zero-order chi connectivity index (χ0) is 16.5. The molecule has 0 saturated heterocycles. The summed E-state index contributed by atoms with van der Waals surface area (Å²) in [7, 11) is -3.67. The molecule has 4 nitrogen and oxygen atoms in total. The summed E-state index contributed by atoms with van der Waals surface area (Å²) < 4.78 is 27.8. The lowest BCUT2D eigenvalue weighted by molar-refractivity contribution is 0.269. The number of rotatable bonds is 5. The molecule has 0 aliphatic carbocycles. The van der Waals surface area contributed by atoms with Gasteiger partial charge in [-0.05, 0) is 43.4 Å². The molecule has 120 valence electrons. The van der Waals surface area contributed by atoms with Crippen LogP contribution < -0.4 is 10.5 Å². The molecule has 0 radical (unpaired) electrons.